The highest BCUT2D eigenvalue weighted by molar-refractivity contribution is 7.89. The number of sulfonamides is 1. The van der Waals surface area contributed by atoms with E-state index >= 15 is 0 Å². The minimum Gasteiger partial charge on any atom is -0.480 e. The van der Waals surface area contributed by atoms with Crippen molar-refractivity contribution in [3.8, 4) is 0 Å². The van der Waals surface area contributed by atoms with Crippen LogP contribution in [0.15, 0.2) is 47.4 Å². The molecule has 2 aromatic carbocycles. The molecule has 1 heterocycles. The Balaban J connectivity index is 1.82. The molecule has 0 aromatic heterocycles. The Labute approximate surface area is 202 Å². The van der Waals surface area contributed by atoms with Crippen LogP contribution >= 0.6 is 23.2 Å². The summed E-state index contributed by atoms with van der Waals surface area (Å²) in [6.07, 6.45) is 0.494. The van der Waals surface area contributed by atoms with E-state index in [1.54, 1.807) is 31.2 Å². The number of nitrogens with zero attached hydrogens (tertiary/aromatic N) is 1. The molecular weight excluding hydrogens is 489 g/mol. The number of benzene rings is 2. The number of amides is 1. The Morgan fingerprint density at radius 3 is 2.27 bits per heavy atom. The normalized spacial score (nSPS) is 19.9. The number of hydrogen-bond donors (Lipinski definition) is 3. The maximum absolute atomic E-state index is 13.3. The van der Waals surface area contributed by atoms with Crippen molar-refractivity contribution in [1.82, 2.24) is 9.62 Å². The molecule has 3 atom stereocenters. The molecule has 0 bridgehead atoms. The highest BCUT2D eigenvalue weighted by atomic mass is 35.5. The van der Waals surface area contributed by atoms with E-state index in [1.165, 1.54) is 18.2 Å². The van der Waals surface area contributed by atoms with Gasteiger partial charge in [0.25, 0.3) is 0 Å². The minimum atomic E-state index is -4.09. The van der Waals surface area contributed by atoms with E-state index in [4.69, 9.17) is 28.9 Å². The van der Waals surface area contributed by atoms with Crippen molar-refractivity contribution in [2.45, 2.75) is 43.3 Å². The van der Waals surface area contributed by atoms with Crippen molar-refractivity contribution in [3.05, 3.63) is 63.6 Å². The fourth-order valence-corrected chi connectivity index (χ4v) is 6.31. The SMILES string of the molecule is C[C@@H]1CCN(S(=O)(=O)c2cc(Cl)cc(Cl)c2)[C@@H]1C(=O)N[C@@H](Cc1ccc(CN)cc1)C(=O)O. The Hall–Kier alpha value is -2.17. The zero-order chi connectivity index (χ0) is 24.3. The lowest BCUT2D eigenvalue weighted by Gasteiger charge is -2.27. The summed E-state index contributed by atoms with van der Waals surface area (Å²) >= 11 is 11.9. The molecule has 2 aromatic rings. The van der Waals surface area contributed by atoms with Crippen molar-refractivity contribution in [2.75, 3.05) is 6.54 Å². The predicted molar refractivity (Wildman–Crippen MR) is 126 cm³/mol. The van der Waals surface area contributed by atoms with Gasteiger partial charge in [0.15, 0.2) is 0 Å². The fraction of sp³-hybridized carbons (Fsp3) is 0.364. The van der Waals surface area contributed by atoms with Crippen LogP contribution in [0.4, 0.5) is 0 Å². The zero-order valence-electron chi connectivity index (χ0n) is 17.9. The number of carbonyl (C=O) groups is 2. The summed E-state index contributed by atoms with van der Waals surface area (Å²) in [5.41, 5.74) is 7.19. The molecule has 0 aliphatic carbocycles. The molecule has 1 amide bonds. The monoisotopic (exact) mass is 513 g/mol. The van der Waals surface area contributed by atoms with Gasteiger partial charge >= 0.3 is 5.97 Å². The van der Waals surface area contributed by atoms with Crippen LogP contribution in [0.3, 0.4) is 0 Å². The lowest BCUT2D eigenvalue weighted by Crippen LogP contribution is -2.53. The maximum atomic E-state index is 13.3. The highest BCUT2D eigenvalue weighted by Gasteiger charge is 2.44. The third-order valence-corrected chi connectivity index (χ3v) is 7.97. The molecule has 4 N–H and O–H groups in total. The molecule has 0 saturated carbocycles. The quantitative estimate of drug-likeness (QED) is 0.497. The molecular formula is C22H25Cl2N3O5S. The van der Waals surface area contributed by atoms with E-state index in [1.807, 2.05) is 0 Å². The highest BCUT2D eigenvalue weighted by Crippen LogP contribution is 2.32. The van der Waals surface area contributed by atoms with E-state index < -0.39 is 34.0 Å². The van der Waals surface area contributed by atoms with Crippen molar-refractivity contribution in [2.24, 2.45) is 11.7 Å². The summed E-state index contributed by atoms with van der Waals surface area (Å²) < 4.78 is 27.6. The standard InChI is InChI=1S/C22H25Cl2N3O5S/c1-13-6-7-27(33(31,32)18-10-16(23)9-17(24)11-18)20(13)21(28)26-19(22(29)30)8-14-2-4-15(12-25)5-3-14/h2-5,9-11,13,19-20H,6-8,12,25H2,1H3,(H,26,28)(H,29,30)/t13-,19+,20+/m1/s1. The van der Waals surface area contributed by atoms with Crippen LogP contribution in [-0.2, 0) is 32.6 Å². The third kappa shape index (κ3) is 5.85. The second-order valence-corrected chi connectivity index (χ2v) is 10.8. The fourth-order valence-electron chi connectivity index (χ4n) is 3.89. The number of carbonyl (C=O) groups excluding carboxylic acids is 1. The average molecular weight is 514 g/mol. The molecule has 1 fully saturated rings. The summed E-state index contributed by atoms with van der Waals surface area (Å²) in [5.74, 6) is -2.19. The topological polar surface area (TPSA) is 130 Å². The Bertz CT molecular complexity index is 1120. The molecule has 1 saturated heterocycles. The van der Waals surface area contributed by atoms with Crippen LogP contribution in [0.2, 0.25) is 10.0 Å². The van der Waals surface area contributed by atoms with Gasteiger partial charge in [-0.15, -0.1) is 0 Å². The molecule has 178 valence electrons. The first kappa shape index (κ1) is 25.5. The number of aliphatic carboxylic acids is 1. The van der Waals surface area contributed by atoms with Crippen molar-refractivity contribution < 1.29 is 23.1 Å². The number of hydrogen-bond acceptors (Lipinski definition) is 5. The van der Waals surface area contributed by atoms with Crippen molar-refractivity contribution in [1.29, 1.82) is 0 Å². The van der Waals surface area contributed by atoms with Gasteiger partial charge in [0, 0.05) is 29.6 Å². The number of rotatable bonds is 8. The van der Waals surface area contributed by atoms with Crippen molar-refractivity contribution in [3.63, 3.8) is 0 Å². The summed E-state index contributed by atoms with van der Waals surface area (Å²) in [4.78, 5) is 24.8. The molecule has 0 spiro atoms. The van der Waals surface area contributed by atoms with Gasteiger partial charge in [-0.3, -0.25) is 4.79 Å². The van der Waals surface area contributed by atoms with E-state index in [9.17, 15) is 23.1 Å². The van der Waals surface area contributed by atoms with Gasteiger partial charge < -0.3 is 16.2 Å². The number of carboxylic acids is 1. The van der Waals surface area contributed by atoms with Crippen LogP contribution in [0, 0.1) is 5.92 Å². The zero-order valence-corrected chi connectivity index (χ0v) is 20.2. The van der Waals surface area contributed by atoms with Gasteiger partial charge in [0.1, 0.15) is 12.1 Å². The Kier molecular flexibility index (Phi) is 8.02. The van der Waals surface area contributed by atoms with Gasteiger partial charge in [0.05, 0.1) is 4.90 Å². The maximum Gasteiger partial charge on any atom is 0.326 e. The summed E-state index contributed by atoms with van der Waals surface area (Å²) in [7, 11) is -4.09. The van der Waals surface area contributed by atoms with Crippen LogP contribution in [0.5, 0.6) is 0 Å². The lowest BCUT2D eigenvalue weighted by atomic mass is 10.0. The van der Waals surface area contributed by atoms with Crippen molar-refractivity contribution >= 4 is 45.1 Å². The average Bonchev–Trinajstić information content (AvgIpc) is 3.15. The third-order valence-electron chi connectivity index (χ3n) is 5.68. The van der Waals surface area contributed by atoms with Gasteiger partial charge in [-0.1, -0.05) is 54.4 Å². The van der Waals surface area contributed by atoms with Crippen LogP contribution in [-0.4, -0.2) is 48.3 Å². The number of carboxylic acid groups (broad SMARTS) is 1. The van der Waals surface area contributed by atoms with Crippen LogP contribution in [0.25, 0.3) is 0 Å². The van der Waals surface area contributed by atoms with E-state index in [-0.39, 0.29) is 33.8 Å². The number of nitrogens with two attached hydrogens (primary N) is 1. The van der Waals surface area contributed by atoms with E-state index in [0.717, 1.165) is 9.87 Å². The molecule has 0 radical (unpaired) electrons. The molecule has 0 unspecified atom stereocenters. The van der Waals surface area contributed by atoms with Gasteiger partial charge in [0.2, 0.25) is 15.9 Å². The number of nitrogens with one attached hydrogen (secondary N) is 1. The van der Waals surface area contributed by atoms with E-state index in [0.29, 0.717) is 18.5 Å². The first-order chi connectivity index (χ1) is 15.5. The largest absolute Gasteiger partial charge is 0.480 e. The minimum absolute atomic E-state index is 0.0453. The van der Waals surface area contributed by atoms with Crippen LogP contribution < -0.4 is 11.1 Å². The summed E-state index contributed by atoms with van der Waals surface area (Å²) in [6.45, 7) is 2.23. The second kappa shape index (κ2) is 10.4. The first-order valence-corrected chi connectivity index (χ1v) is 12.5. The Morgan fingerprint density at radius 2 is 1.73 bits per heavy atom. The molecule has 11 heteroatoms. The smallest absolute Gasteiger partial charge is 0.326 e. The predicted octanol–water partition coefficient (Wildman–Crippen LogP) is 2.66. The molecule has 3 rings (SSSR count). The van der Waals surface area contributed by atoms with Gasteiger partial charge in [-0.05, 0) is 41.7 Å². The van der Waals surface area contributed by atoms with E-state index in [2.05, 4.69) is 5.32 Å². The second-order valence-electron chi connectivity index (χ2n) is 8.06. The lowest BCUT2D eigenvalue weighted by molar-refractivity contribution is -0.142. The molecule has 33 heavy (non-hydrogen) atoms. The Morgan fingerprint density at radius 1 is 1.15 bits per heavy atom. The molecule has 1 aliphatic heterocycles. The number of halogens is 2. The molecule has 1 aliphatic rings. The summed E-state index contributed by atoms with van der Waals surface area (Å²) in [6, 6.07) is 8.76. The van der Waals surface area contributed by atoms with Crippen LogP contribution in [0.1, 0.15) is 24.5 Å². The van der Waals surface area contributed by atoms with Gasteiger partial charge in [-0.2, -0.15) is 4.31 Å². The first-order valence-electron chi connectivity index (χ1n) is 10.3. The van der Waals surface area contributed by atoms with Gasteiger partial charge in [-0.25, -0.2) is 13.2 Å². The summed E-state index contributed by atoms with van der Waals surface area (Å²) in [5, 5.41) is 12.5. The molecule has 8 nitrogen and oxygen atoms in total.